The van der Waals surface area contributed by atoms with E-state index < -0.39 is 0 Å². The van der Waals surface area contributed by atoms with Gasteiger partial charge in [-0.25, -0.2) is 15.0 Å². The average molecular weight is 336 g/mol. The molecule has 0 aliphatic rings. The van der Waals surface area contributed by atoms with E-state index in [9.17, 15) is 4.79 Å². The third-order valence-corrected chi connectivity index (χ3v) is 5.27. The molecule has 0 unspecified atom stereocenters. The summed E-state index contributed by atoms with van der Waals surface area (Å²) in [5, 5.41) is 0.686. The third-order valence-electron chi connectivity index (χ3n) is 4.08. The van der Waals surface area contributed by atoms with Crippen molar-refractivity contribution in [3.63, 3.8) is 0 Å². The second kappa shape index (κ2) is 5.79. The molecule has 0 atom stereocenters. The molecule has 24 heavy (non-hydrogen) atoms. The van der Waals surface area contributed by atoms with Gasteiger partial charge in [-0.3, -0.25) is 9.36 Å². The molecule has 4 rings (SSSR count). The van der Waals surface area contributed by atoms with Gasteiger partial charge in [0, 0.05) is 4.88 Å². The molecule has 0 amide bonds. The first kappa shape index (κ1) is 15.0. The van der Waals surface area contributed by atoms with Crippen molar-refractivity contribution in [3.05, 3.63) is 63.3 Å². The Morgan fingerprint density at radius 1 is 1.17 bits per heavy atom. The smallest absolute Gasteiger partial charge is 0.262 e. The van der Waals surface area contributed by atoms with Crippen LogP contribution in [-0.2, 0) is 13.0 Å². The Morgan fingerprint density at radius 2 is 1.92 bits per heavy atom. The van der Waals surface area contributed by atoms with E-state index in [1.165, 1.54) is 4.88 Å². The van der Waals surface area contributed by atoms with E-state index in [0.717, 1.165) is 33.7 Å². The van der Waals surface area contributed by atoms with Gasteiger partial charge in [0.25, 0.3) is 5.56 Å². The van der Waals surface area contributed by atoms with E-state index in [-0.39, 0.29) is 5.56 Å². The van der Waals surface area contributed by atoms with Crippen molar-refractivity contribution in [2.75, 3.05) is 0 Å². The Bertz CT molecular complexity index is 1110. The van der Waals surface area contributed by atoms with Gasteiger partial charge in [-0.05, 0) is 31.5 Å². The Labute approximate surface area is 142 Å². The van der Waals surface area contributed by atoms with Crippen molar-refractivity contribution in [2.45, 2.75) is 26.8 Å². The summed E-state index contributed by atoms with van der Waals surface area (Å²) in [7, 11) is 0. The van der Waals surface area contributed by atoms with Gasteiger partial charge in [0.1, 0.15) is 4.83 Å². The number of fused-ring (bicyclic) bond motifs is 2. The second-order valence-electron chi connectivity index (χ2n) is 5.71. The fourth-order valence-corrected chi connectivity index (χ4v) is 3.66. The quantitative estimate of drug-likeness (QED) is 0.576. The van der Waals surface area contributed by atoms with Gasteiger partial charge in [0.05, 0.1) is 40.7 Å². The van der Waals surface area contributed by atoms with Crippen molar-refractivity contribution >= 4 is 32.6 Å². The molecule has 0 N–H and O–H groups in total. The second-order valence-corrected chi connectivity index (χ2v) is 6.82. The lowest BCUT2D eigenvalue weighted by Crippen LogP contribution is -2.21. The molecule has 4 aromatic rings. The van der Waals surface area contributed by atoms with Crippen LogP contribution in [0.15, 0.2) is 41.5 Å². The minimum Gasteiger partial charge on any atom is -0.293 e. The molecule has 0 fully saturated rings. The summed E-state index contributed by atoms with van der Waals surface area (Å²) in [5.41, 5.74) is 3.31. The molecule has 1 aromatic carbocycles. The Balaban J connectivity index is 1.80. The summed E-state index contributed by atoms with van der Waals surface area (Å²) in [6.07, 6.45) is 2.52. The minimum atomic E-state index is -0.0229. The van der Waals surface area contributed by atoms with Crippen LogP contribution >= 0.6 is 11.3 Å². The van der Waals surface area contributed by atoms with Crippen LogP contribution in [0.25, 0.3) is 21.3 Å². The highest BCUT2D eigenvalue weighted by atomic mass is 32.1. The lowest BCUT2D eigenvalue weighted by Gasteiger charge is -2.08. The summed E-state index contributed by atoms with van der Waals surface area (Å²) >= 11 is 1.58. The van der Waals surface area contributed by atoms with Crippen molar-refractivity contribution in [3.8, 4) is 0 Å². The zero-order chi connectivity index (χ0) is 16.7. The lowest BCUT2D eigenvalue weighted by molar-refractivity contribution is 0.724. The topological polar surface area (TPSA) is 60.7 Å². The number of nitrogens with zero attached hydrogens (tertiary/aromatic N) is 4. The molecule has 3 aromatic heterocycles. The summed E-state index contributed by atoms with van der Waals surface area (Å²) in [6.45, 7) is 4.38. The monoisotopic (exact) mass is 336 g/mol. The molecule has 0 aliphatic carbocycles. The summed E-state index contributed by atoms with van der Waals surface area (Å²) < 4.78 is 1.61. The van der Waals surface area contributed by atoms with Gasteiger partial charge < -0.3 is 0 Å². The van der Waals surface area contributed by atoms with E-state index in [4.69, 9.17) is 0 Å². The summed E-state index contributed by atoms with van der Waals surface area (Å²) in [5.74, 6) is 0. The standard InChI is InChI=1S/C18H16N4OS/c1-3-12-8-13-17(24-12)19-10-22(18(13)23)9-16-11(2)20-14-6-4-5-7-15(14)21-16/h4-8,10H,3,9H2,1-2H3. The van der Waals surface area contributed by atoms with Gasteiger partial charge in [-0.2, -0.15) is 0 Å². The molecule has 0 saturated carbocycles. The number of hydrogen-bond acceptors (Lipinski definition) is 5. The molecular formula is C18H16N4OS. The van der Waals surface area contributed by atoms with Crippen LogP contribution in [0.5, 0.6) is 0 Å². The van der Waals surface area contributed by atoms with Crippen LogP contribution in [0.3, 0.4) is 0 Å². The number of aromatic nitrogens is 4. The van der Waals surface area contributed by atoms with E-state index in [0.29, 0.717) is 11.9 Å². The van der Waals surface area contributed by atoms with E-state index in [1.54, 1.807) is 22.2 Å². The van der Waals surface area contributed by atoms with Crippen LogP contribution < -0.4 is 5.56 Å². The number of para-hydroxylation sites is 2. The van der Waals surface area contributed by atoms with Gasteiger partial charge in [-0.1, -0.05) is 19.1 Å². The molecule has 120 valence electrons. The zero-order valence-electron chi connectivity index (χ0n) is 13.5. The number of aryl methyl sites for hydroxylation is 2. The summed E-state index contributed by atoms with van der Waals surface area (Å²) in [6, 6.07) is 9.71. The highest BCUT2D eigenvalue weighted by Gasteiger charge is 2.11. The van der Waals surface area contributed by atoms with Gasteiger partial charge in [-0.15, -0.1) is 11.3 Å². The first-order chi connectivity index (χ1) is 11.7. The first-order valence-corrected chi connectivity index (χ1v) is 8.67. The van der Waals surface area contributed by atoms with Crippen molar-refractivity contribution in [1.29, 1.82) is 0 Å². The third kappa shape index (κ3) is 2.49. The predicted octanol–water partition coefficient (Wildman–Crippen LogP) is 3.32. The van der Waals surface area contributed by atoms with Crippen LogP contribution in [0.1, 0.15) is 23.2 Å². The highest BCUT2D eigenvalue weighted by molar-refractivity contribution is 7.18. The normalized spacial score (nSPS) is 11.4. The van der Waals surface area contributed by atoms with Crippen molar-refractivity contribution in [1.82, 2.24) is 19.5 Å². The van der Waals surface area contributed by atoms with Gasteiger partial charge >= 0.3 is 0 Å². The van der Waals surface area contributed by atoms with Crippen molar-refractivity contribution < 1.29 is 0 Å². The van der Waals surface area contributed by atoms with Crippen LogP contribution in [0, 0.1) is 6.92 Å². The Kier molecular flexibility index (Phi) is 3.61. The maximum atomic E-state index is 12.7. The van der Waals surface area contributed by atoms with E-state index in [1.807, 2.05) is 37.3 Å². The minimum absolute atomic E-state index is 0.0229. The zero-order valence-corrected chi connectivity index (χ0v) is 14.3. The van der Waals surface area contributed by atoms with Crippen molar-refractivity contribution in [2.24, 2.45) is 0 Å². The fraction of sp³-hybridized carbons (Fsp3) is 0.222. The molecule has 0 saturated heterocycles. The Morgan fingerprint density at radius 3 is 2.67 bits per heavy atom. The number of thiophene rings is 1. The van der Waals surface area contributed by atoms with Crippen LogP contribution in [0.2, 0.25) is 0 Å². The lowest BCUT2D eigenvalue weighted by atomic mass is 10.2. The Hall–Kier alpha value is -2.60. The largest absolute Gasteiger partial charge is 0.293 e. The predicted molar refractivity (Wildman–Crippen MR) is 96.6 cm³/mol. The van der Waals surface area contributed by atoms with E-state index >= 15 is 0 Å². The molecule has 3 heterocycles. The molecule has 5 nitrogen and oxygen atoms in total. The first-order valence-electron chi connectivity index (χ1n) is 7.86. The van der Waals surface area contributed by atoms with Crippen LogP contribution in [-0.4, -0.2) is 19.5 Å². The molecule has 6 heteroatoms. The number of rotatable bonds is 3. The molecule has 0 spiro atoms. The van der Waals surface area contributed by atoms with Crippen LogP contribution in [0.4, 0.5) is 0 Å². The fourth-order valence-electron chi connectivity index (χ4n) is 2.73. The maximum Gasteiger partial charge on any atom is 0.262 e. The number of benzene rings is 1. The number of hydrogen-bond donors (Lipinski definition) is 0. The average Bonchev–Trinajstić information content (AvgIpc) is 3.02. The van der Waals surface area contributed by atoms with Gasteiger partial charge in [0.2, 0.25) is 0 Å². The van der Waals surface area contributed by atoms with Gasteiger partial charge in [0.15, 0.2) is 0 Å². The SMILES string of the molecule is CCc1cc2c(=O)n(Cc3nc4ccccc4nc3C)cnc2s1. The highest BCUT2D eigenvalue weighted by Crippen LogP contribution is 2.21. The molecule has 0 aliphatic heterocycles. The molecule has 0 radical (unpaired) electrons. The molecule has 0 bridgehead atoms. The summed E-state index contributed by atoms with van der Waals surface area (Å²) in [4.78, 5) is 28.4. The molecular weight excluding hydrogens is 320 g/mol. The van der Waals surface area contributed by atoms with E-state index in [2.05, 4.69) is 21.9 Å². The maximum absolute atomic E-state index is 12.7.